The number of rotatable bonds is 3. The molecule has 0 bridgehead atoms. The zero-order valence-electron chi connectivity index (χ0n) is 8.81. The van der Waals surface area contributed by atoms with E-state index in [4.69, 9.17) is 16.0 Å². The lowest BCUT2D eigenvalue weighted by Gasteiger charge is -2.07. The van der Waals surface area contributed by atoms with E-state index in [0.29, 0.717) is 11.6 Å². The van der Waals surface area contributed by atoms with Gasteiger partial charge in [0.25, 0.3) is 0 Å². The van der Waals surface area contributed by atoms with Crippen LogP contribution in [0.2, 0.25) is 5.02 Å². The van der Waals surface area contributed by atoms with Gasteiger partial charge in [-0.25, -0.2) is 4.98 Å². The molecular formula is C12H9ClN2OS. The molecule has 3 rings (SSSR count). The zero-order chi connectivity index (χ0) is 11.7. The number of benzene rings is 1. The maximum Gasteiger partial charge on any atom is 0.122 e. The van der Waals surface area contributed by atoms with Gasteiger partial charge in [-0.05, 0) is 24.3 Å². The van der Waals surface area contributed by atoms with Crippen molar-refractivity contribution < 1.29 is 4.42 Å². The number of fused-ring (bicyclic) bond motifs is 1. The van der Waals surface area contributed by atoms with Crippen LogP contribution in [0.15, 0.2) is 40.5 Å². The second-order valence-corrected chi connectivity index (χ2v) is 4.85. The van der Waals surface area contributed by atoms with Crippen molar-refractivity contribution >= 4 is 38.8 Å². The minimum atomic E-state index is 0.601. The van der Waals surface area contributed by atoms with Crippen LogP contribution in [-0.4, -0.2) is 4.98 Å². The molecule has 0 aliphatic rings. The van der Waals surface area contributed by atoms with E-state index in [1.807, 2.05) is 29.8 Å². The van der Waals surface area contributed by atoms with Gasteiger partial charge in [0.05, 0.1) is 33.7 Å². The Bertz CT molecular complexity index is 633. The fraction of sp³-hybridized carbons (Fsp3) is 0.0833. The standard InChI is InChI=1S/C12H9ClN2OS/c13-9-3-4-10-12(15-7-17-10)11(9)14-6-8-2-1-5-16-8/h1-5,7,14H,6H2. The summed E-state index contributed by atoms with van der Waals surface area (Å²) in [5.41, 5.74) is 3.59. The maximum absolute atomic E-state index is 6.17. The fourth-order valence-corrected chi connectivity index (χ4v) is 2.57. The van der Waals surface area contributed by atoms with Crippen LogP contribution in [0.25, 0.3) is 10.2 Å². The predicted molar refractivity (Wildman–Crippen MR) is 70.7 cm³/mol. The normalized spacial score (nSPS) is 10.9. The molecule has 1 N–H and O–H groups in total. The lowest BCUT2D eigenvalue weighted by Crippen LogP contribution is -1.99. The van der Waals surface area contributed by atoms with Crippen LogP contribution >= 0.6 is 22.9 Å². The number of hydrogen-bond donors (Lipinski definition) is 1. The van der Waals surface area contributed by atoms with Crippen LogP contribution in [-0.2, 0) is 6.54 Å². The van der Waals surface area contributed by atoms with Crippen LogP contribution in [0.4, 0.5) is 5.69 Å². The zero-order valence-corrected chi connectivity index (χ0v) is 10.4. The summed E-state index contributed by atoms with van der Waals surface area (Å²) >= 11 is 7.77. The Kier molecular flexibility index (Phi) is 2.74. The van der Waals surface area contributed by atoms with Gasteiger partial charge in [0.2, 0.25) is 0 Å². The van der Waals surface area contributed by atoms with E-state index in [9.17, 15) is 0 Å². The summed E-state index contributed by atoms with van der Waals surface area (Å²) in [5, 5.41) is 3.94. The molecule has 0 aliphatic carbocycles. The number of anilines is 1. The Morgan fingerprint density at radius 1 is 1.35 bits per heavy atom. The van der Waals surface area contributed by atoms with E-state index in [-0.39, 0.29) is 0 Å². The smallest absolute Gasteiger partial charge is 0.122 e. The first-order chi connectivity index (χ1) is 8.34. The number of nitrogens with one attached hydrogen (secondary N) is 1. The van der Waals surface area contributed by atoms with E-state index in [1.165, 1.54) is 0 Å². The van der Waals surface area contributed by atoms with Crippen LogP contribution in [0, 0.1) is 0 Å². The molecule has 5 heteroatoms. The molecule has 0 amide bonds. The second-order valence-electron chi connectivity index (χ2n) is 3.55. The van der Waals surface area contributed by atoms with Gasteiger partial charge in [-0.1, -0.05) is 11.6 Å². The molecule has 2 aromatic heterocycles. The number of nitrogens with zero attached hydrogens (tertiary/aromatic N) is 1. The average Bonchev–Trinajstić information content (AvgIpc) is 2.97. The van der Waals surface area contributed by atoms with Gasteiger partial charge >= 0.3 is 0 Å². The van der Waals surface area contributed by atoms with Crippen LogP contribution < -0.4 is 5.32 Å². The van der Waals surface area contributed by atoms with Crippen LogP contribution in [0.5, 0.6) is 0 Å². The van der Waals surface area contributed by atoms with Gasteiger partial charge in [-0.15, -0.1) is 11.3 Å². The molecule has 0 aliphatic heterocycles. The van der Waals surface area contributed by atoms with Gasteiger partial charge in [0.1, 0.15) is 11.3 Å². The maximum atomic E-state index is 6.17. The number of hydrogen-bond acceptors (Lipinski definition) is 4. The van der Waals surface area contributed by atoms with Gasteiger partial charge in [0.15, 0.2) is 0 Å². The third-order valence-corrected chi connectivity index (χ3v) is 3.58. The van der Waals surface area contributed by atoms with Crippen LogP contribution in [0.1, 0.15) is 5.76 Å². The largest absolute Gasteiger partial charge is 0.467 e. The highest BCUT2D eigenvalue weighted by Crippen LogP contribution is 2.32. The summed E-state index contributed by atoms with van der Waals surface area (Å²) in [6, 6.07) is 7.64. The Morgan fingerprint density at radius 3 is 3.12 bits per heavy atom. The van der Waals surface area contributed by atoms with E-state index >= 15 is 0 Å². The first kappa shape index (κ1) is 10.6. The van der Waals surface area contributed by atoms with E-state index in [2.05, 4.69) is 10.3 Å². The molecule has 0 radical (unpaired) electrons. The molecule has 1 aromatic carbocycles. The Hall–Kier alpha value is -1.52. The minimum absolute atomic E-state index is 0.601. The van der Waals surface area contributed by atoms with Crippen molar-refractivity contribution in [2.75, 3.05) is 5.32 Å². The Balaban J connectivity index is 1.93. The first-order valence-corrected chi connectivity index (χ1v) is 6.38. The summed E-state index contributed by atoms with van der Waals surface area (Å²) in [6.45, 7) is 0.601. The number of halogens is 1. The van der Waals surface area contributed by atoms with Crippen molar-refractivity contribution in [3.8, 4) is 0 Å². The van der Waals surface area contributed by atoms with Gasteiger partial charge in [0, 0.05) is 0 Å². The molecule has 0 saturated carbocycles. The molecule has 3 nitrogen and oxygen atoms in total. The molecule has 0 unspecified atom stereocenters. The van der Waals surface area contributed by atoms with Crippen molar-refractivity contribution in [2.24, 2.45) is 0 Å². The number of furan rings is 1. The molecule has 0 saturated heterocycles. The molecule has 3 aromatic rings. The molecule has 17 heavy (non-hydrogen) atoms. The number of aromatic nitrogens is 1. The molecule has 0 fully saturated rings. The molecule has 86 valence electrons. The topological polar surface area (TPSA) is 38.1 Å². The van der Waals surface area contributed by atoms with Gasteiger partial charge < -0.3 is 9.73 Å². The van der Waals surface area contributed by atoms with Crippen molar-refractivity contribution in [2.45, 2.75) is 6.54 Å². The monoisotopic (exact) mass is 264 g/mol. The highest BCUT2D eigenvalue weighted by atomic mass is 35.5. The lowest BCUT2D eigenvalue weighted by molar-refractivity contribution is 0.518. The Morgan fingerprint density at radius 2 is 2.29 bits per heavy atom. The summed E-state index contributed by atoms with van der Waals surface area (Å²) < 4.78 is 6.39. The van der Waals surface area contributed by atoms with E-state index in [0.717, 1.165) is 21.7 Å². The molecular weight excluding hydrogens is 256 g/mol. The third-order valence-electron chi connectivity index (χ3n) is 2.47. The number of thiazole rings is 1. The SMILES string of the molecule is Clc1ccc2scnc2c1NCc1ccco1. The summed E-state index contributed by atoms with van der Waals surface area (Å²) in [6.07, 6.45) is 1.65. The van der Waals surface area contributed by atoms with Crippen molar-refractivity contribution in [3.63, 3.8) is 0 Å². The highest BCUT2D eigenvalue weighted by molar-refractivity contribution is 7.16. The van der Waals surface area contributed by atoms with Crippen molar-refractivity contribution in [3.05, 3.63) is 46.8 Å². The van der Waals surface area contributed by atoms with Crippen molar-refractivity contribution in [1.82, 2.24) is 4.98 Å². The summed E-state index contributed by atoms with van der Waals surface area (Å²) in [7, 11) is 0. The molecule has 2 heterocycles. The predicted octanol–water partition coefficient (Wildman–Crippen LogP) is 4.15. The van der Waals surface area contributed by atoms with Gasteiger partial charge in [-0.2, -0.15) is 0 Å². The van der Waals surface area contributed by atoms with Crippen LogP contribution in [0.3, 0.4) is 0 Å². The van der Waals surface area contributed by atoms with Gasteiger partial charge in [-0.3, -0.25) is 0 Å². The average molecular weight is 265 g/mol. The lowest BCUT2D eigenvalue weighted by atomic mass is 10.3. The van der Waals surface area contributed by atoms with Crippen molar-refractivity contribution in [1.29, 1.82) is 0 Å². The highest BCUT2D eigenvalue weighted by Gasteiger charge is 2.08. The summed E-state index contributed by atoms with van der Waals surface area (Å²) in [5.74, 6) is 0.869. The Labute approximate surface area is 107 Å². The molecule has 0 spiro atoms. The third kappa shape index (κ3) is 2.01. The quantitative estimate of drug-likeness (QED) is 0.772. The summed E-state index contributed by atoms with van der Waals surface area (Å²) in [4.78, 5) is 4.32. The van der Waals surface area contributed by atoms with E-state index < -0.39 is 0 Å². The minimum Gasteiger partial charge on any atom is -0.467 e. The fourth-order valence-electron chi connectivity index (χ4n) is 1.66. The first-order valence-electron chi connectivity index (χ1n) is 5.12. The molecule has 0 atom stereocenters. The van der Waals surface area contributed by atoms with E-state index in [1.54, 1.807) is 17.6 Å². The second kappa shape index (κ2) is 4.39.